The summed E-state index contributed by atoms with van der Waals surface area (Å²) in [7, 11) is 0. The fourth-order valence-electron chi connectivity index (χ4n) is 3.83. The number of fused-ring (bicyclic) bond motifs is 2. The maximum absolute atomic E-state index is 12.1. The highest BCUT2D eigenvalue weighted by Gasteiger charge is 2.40. The van der Waals surface area contributed by atoms with Crippen LogP contribution in [0.1, 0.15) is 37.7 Å². The average Bonchev–Trinajstić information content (AvgIpc) is 2.95. The SMILES string of the molecule is Cc1cc(Cl)ccc1NC(=O)C[C@H]1C[C@H]2CC[C@@H]1C2. The van der Waals surface area contributed by atoms with Gasteiger partial charge >= 0.3 is 0 Å². The molecule has 2 nitrogen and oxygen atoms in total. The Labute approximate surface area is 119 Å². The zero-order valence-corrected chi connectivity index (χ0v) is 12.0. The minimum Gasteiger partial charge on any atom is -0.326 e. The Hall–Kier alpha value is -1.02. The molecular formula is C16H20ClNO. The van der Waals surface area contributed by atoms with E-state index in [-0.39, 0.29) is 5.91 Å². The Bertz CT molecular complexity index is 500. The fraction of sp³-hybridized carbons (Fsp3) is 0.562. The summed E-state index contributed by atoms with van der Waals surface area (Å²) in [5.74, 6) is 2.48. The third kappa shape index (κ3) is 2.79. The van der Waals surface area contributed by atoms with Crippen LogP contribution in [-0.4, -0.2) is 5.91 Å². The van der Waals surface area contributed by atoms with Gasteiger partial charge in [0.2, 0.25) is 5.91 Å². The van der Waals surface area contributed by atoms with Crippen molar-refractivity contribution in [1.82, 2.24) is 0 Å². The maximum Gasteiger partial charge on any atom is 0.224 e. The molecule has 1 amide bonds. The van der Waals surface area contributed by atoms with Gasteiger partial charge in [-0.05, 0) is 67.7 Å². The van der Waals surface area contributed by atoms with Crippen LogP contribution in [0.4, 0.5) is 5.69 Å². The predicted molar refractivity (Wildman–Crippen MR) is 78.4 cm³/mol. The quantitative estimate of drug-likeness (QED) is 0.871. The van der Waals surface area contributed by atoms with E-state index in [1.54, 1.807) is 0 Å². The number of hydrogen-bond donors (Lipinski definition) is 1. The smallest absolute Gasteiger partial charge is 0.224 e. The van der Waals surface area contributed by atoms with Gasteiger partial charge in [-0.15, -0.1) is 0 Å². The first-order valence-corrected chi connectivity index (χ1v) is 7.55. The number of hydrogen-bond acceptors (Lipinski definition) is 1. The summed E-state index contributed by atoms with van der Waals surface area (Å²) in [6, 6.07) is 5.59. The number of carbonyl (C=O) groups is 1. The molecule has 2 aliphatic carbocycles. The van der Waals surface area contributed by atoms with Crippen LogP contribution < -0.4 is 5.32 Å². The van der Waals surface area contributed by atoms with E-state index >= 15 is 0 Å². The molecule has 2 bridgehead atoms. The minimum atomic E-state index is 0.156. The summed E-state index contributed by atoms with van der Waals surface area (Å²) in [6.07, 6.45) is 6.03. The molecule has 3 atom stereocenters. The molecule has 102 valence electrons. The summed E-state index contributed by atoms with van der Waals surface area (Å²) in [5, 5.41) is 3.74. The lowest BCUT2D eigenvalue weighted by molar-refractivity contribution is -0.117. The van der Waals surface area contributed by atoms with Crippen molar-refractivity contribution in [3.63, 3.8) is 0 Å². The van der Waals surface area contributed by atoms with Crippen molar-refractivity contribution in [1.29, 1.82) is 0 Å². The number of nitrogens with one attached hydrogen (secondary N) is 1. The van der Waals surface area contributed by atoms with Gasteiger partial charge in [0, 0.05) is 17.1 Å². The second-order valence-corrected chi connectivity index (χ2v) is 6.58. The van der Waals surface area contributed by atoms with Crippen molar-refractivity contribution in [2.75, 3.05) is 5.32 Å². The van der Waals surface area contributed by atoms with Gasteiger partial charge in [-0.3, -0.25) is 4.79 Å². The van der Waals surface area contributed by atoms with E-state index in [2.05, 4.69) is 5.32 Å². The monoisotopic (exact) mass is 277 g/mol. The highest BCUT2D eigenvalue weighted by atomic mass is 35.5. The van der Waals surface area contributed by atoms with E-state index in [4.69, 9.17) is 11.6 Å². The van der Waals surface area contributed by atoms with Crippen LogP contribution in [0.25, 0.3) is 0 Å². The van der Waals surface area contributed by atoms with Crippen molar-refractivity contribution in [3.8, 4) is 0 Å². The molecule has 0 spiro atoms. The summed E-state index contributed by atoms with van der Waals surface area (Å²) in [4.78, 5) is 12.1. The Morgan fingerprint density at radius 1 is 1.37 bits per heavy atom. The highest BCUT2D eigenvalue weighted by Crippen LogP contribution is 2.49. The lowest BCUT2D eigenvalue weighted by atomic mass is 9.86. The Kier molecular flexibility index (Phi) is 3.53. The molecule has 3 rings (SSSR count). The molecule has 2 saturated carbocycles. The van der Waals surface area contributed by atoms with Crippen LogP contribution >= 0.6 is 11.6 Å². The molecule has 1 aromatic rings. The summed E-state index contributed by atoms with van der Waals surface area (Å²) in [6.45, 7) is 1.97. The molecule has 0 heterocycles. The Morgan fingerprint density at radius 3 is 2.84 bits per heavy atom. The van der Waals surface area contributed by atoms with Crippen molar-refractivity contribution in [2.24, 2.45) is 17.8 Å². The summed E-state index contributed by atoms with van der Waals surface area (Å²) in [5.41, 5.74) is 1.91. The van der Waals surface area contributed by atoms with Crippen LogP contribution in [0.3, 0.4) is 0 Å². The highest BCUT2D eigenvalue weighted by molar-refractivity contribution is 6.30. The number of anilines is 1. The zero-order chi connectivity index (χ0) is 13.4. The van der Waals surface area contributed by atoms with Crippen molar-refractivity contribution in [2.45, 2.75) is 39.0 Å². The number of amides is 1. The molecule has 0 aromatic heterocycles. The molecule has 0 saturated heterocycles. The molecule has 0 aliphatic heterocycles. The number of aryl methyl sites for hydroxylation is 1. The summed E-state index contributed by atoms with van der Waals surface area (Å²) >= 11 is 5.92. The van der Waals surface area contributed by atoms with Gasteiger partial charge in [0.05, 0.1) is 0 Å². The number of carbonyl (C=O) groups excluding carboxylic acids is 1. The lowest BCUT2D eigenvalue weighted by Crippen LogP contribution is -2.20. The largest absolute Gasteiger partial charge is 0.326 e. The van der Waals surface area contributed by atoms with E-state index in [1.165, 1.54) is 25.7 Å². The molecule has 19 heavy (non-hydrogen) atoms. The van der Waals surface area contributed by atoms with Crippen molar-refractivity contribution < 1.29 is 4.79 Å². The third-order valence-electron chi connectivity index (χ3n) is 4.79. The molecule has 2 fully saturated rings. The molecular weight excluding hydrogens is 258 g/mol. The minimum absolute atomic E-state index is 0.156. The van der Waals surface area contributed by atoms with Crippen molar-refractivity contribution >= 4 is 23.2 Å². The van der Waals surface area contributed by atoms with Crippen molar-refractivity contribution in [3.05, 3.63) is 28.8 Å². The first kappa shape index (κ1) is 13.0. The van der Waals surface area contributed by atoms with Gasteiger partial charge in [-0.1, -0.05) is 18.0 Å². The fourth-order valence-corrected chi connectivity index (χ4v) is 4.06. The van der Waals surface area contributed by atoms with E-state index in [9.17, 15) is 4.79 Å². The van der Waals surface area contributed by atoms with Gasteiger partial charge in [0.25, 0.3) is 0 Å². The number of halogens is 1. The van der Waals surface area contributed by atoms with E-state index in [0.29, 0.717) is 17.4 Å². The van der Waals surface area contributed by atoms with Gasteiger partial charge < -0.3 is 5.32 Å². The first-order valence-electron chi connectivity index (χ1n) is 7.18. The summed E-state index contributed by atoms with van der Waals surface area (Å²) < 4.78 is 0. The molecule has 1 aromatic carbocycles. The van der Waals surface area contributed by atoms with Gasteiger partial charge in [0.1, 0.15) is 0 Å². The Morgan fingerprint density at radius 2 is 2.21 bits per heavy atom. The van der Waals surface area contributed by atoms with Crippen LogP contribution in [-0.2, 0) is 4.79 Å². The van der Waals surface area contributed by atoms with E-state index in [0.717, 1.165) is 23.1 Å². The average molecular weight is 278 g/mol. The normalized spacial score (nSPS) is 28.6. The standard InChI is InChI=1S/C16H20ClNO/c1-10-6-14(17)4-5-15(10)18-16(19)9-13-8-11-2-3-12(13)7-11/h4-6,11-13H,2-3,7-9H2,1H3,(H,18,19)/t11-,12+,13+/m0/s1. The molecule has 3 heteroatoms. The van der Waals surface area contributed by atoms with Crippen LogP contribution in [0.5, 0.6) is 0 Å². The second kappa shape index (κ2) is 5.16. The first-order chi connectivity index (χ1) is 9.11. The van der Waals surface area contributed by atoms with Gasteiger partial charge in [-0.25, -0.2) is 0 Å². The van der Waals surface area contributed by atoms with E-state index in [1.807, 2.05) is 25.1 Å². The van der Waals surface area contributed by atoms with Gasteiger partial charge in [-0.2, -0.15) is 0 Å². The predicted octanol–water partition coefficient (Wildman–Crippen LogP) is 4.41. The van der Waals surface area contributed by atoms with Crippen LogP contribution in [0.15, 0.2) is 18.2 Å². The maximum atomic E-state index is 12.1. The Balaban J connectivity index is 1.59. The van der Waals surface area contributed by atoms with Crippen LogP contribution in [0, 0.1) is 24.7 Å². The second-order valence-electron chi connectivity index (χ2n) is 6.15. The lowest BCUT2D eigenvalue weighted by Gasteiger charge is -2.21. The number of benzene rings is 1. The number of rotatable bonds is 3. The third-order valence-corrected chi connectivity index (χ3v) is 5.03. The van der Waals surface area contributed by atoms with E-state index < -0.39 is 0 Å². The van der Waals surface area contributed by atoms with Gasteiger partial charge in [0.15, 0.2) is 0 Å². The zero-order valence-electron chi connectivity index (χ0n) is 11.3. The van der Waals surface area contributed by atoms with Crippen LogP contribution in [0.2, 0.25) is 5.02 Å². The molecule has 1 N–H and O–H groups in total. The molecule has 0 unspecified atom stereocenters. The molecule has 0 radical (unpaired) electrons. The topological polar surface area (TPSA) is 29.1 Å². The molecule has 2 aliphatic rings.